The molecule has 0 fully saturated rings. The Kier molecular flexibility index (Phi) is 6.49. The molecule has 2 aromatic carbocycles. The lowest BCUT2D eigenvalue weighted by molar-refractivity contribution is -0.116. The maximum absolute atomic E-state index is 12.7. The van der Waals surface area contributed by atoms with Crippen LogP contribution in [-0.2, 0) is 4.79 Å². The molecule has 0 atom stereocenters. The molecule has 0 saturated carbocycles. The Morgan fingerprint density at radius 1 is 0.968 bits per heavy atom. The summed E-state index contributed by atoms with van der Waals surface area (Å²) in [6.07, 6.45) is 0. The first-order chi connectivity index (χ1) is 14.8. The van der Waals surface area contributed by atoms with E-state index in [0.29, 0.717) is 28.6 Å². The van der Waals surface area contributed by atoms with Crippen molar-refractivity contribution >= 4 is 23.2 Å². The predicted octanol–water partition coefficient (Wildman–Crippen LogP) is 4.63. The molecule has 0 aliphatic rings. The van der Waals surface area contributed by atoms with Gasteiger partial charge in [-0.15, -0.1) is 0 Å². The summed E-state index contributed by atoms with van der Waals surface area (Å²) in [6.45, 7) is 3.35. The van der Waals surface area contributed by atoms with Crippen LogP contribution in [0.15, 0.2) is 52.9 Å². The molecule has 3 aromatic rings. The smallest absolute Gasteiger partial charge is 0.291 e. The van der Waals surface area contributed by atoms with E-state index in [4.69, 9.17) is 18.6 Å². The molecule has 8 nitrogen and oxygen atoms in total. The third-order valence-corrected chi connectivity index (χ3v) is 4.71. The van der Waals surface area contributed by atoms with Crippen molar-refractivity contribution in [3.8, 4) is 23.2 Å². The minimum atomic E-state index is -0.487. The van der Waals surface area contributed by atoms with Crippen LogP contribution >= 0.6 is 0 Å². The van der Waals surface area contributed by atoms with Crippen LogP contribution in [0.25, 0.3) is 0 Å². The lowest BCUT2D eigenvalue weighted by Crippen LogP contribution is -2.22. The zero-order valence-electron chi connectivity index (χ0n) is 18.0. The first-order valence-corrected chi connectivity index (χ1v) is 9.49. The number of nitrogens with one attached hydrogen (secondary N) is 1. The Bertz CT molecular complexity index is 1080. The minimum Gasteiger partial charge on any atom is -0.494 e. The van der Waals surface area contributed by atoms with Gasteiger partial charge in [-0.1, -0.05) is 12.1 Å². The second-order valence-electron chi connectivity index (χ2n) is 6.74. The van der Waals surface area contributed by atoms with E-state index < -0.39 is 5.91 Å². The second kappa shape index (κ2) is 9.25. The van der Waals surface area contributed by atoms with Gasteiger partial charge in [0.1, 0.15) is 22.9 Å². The highest BCUT2D eigenvalue weighted by Gasteiger charge is 2.18. The molecular formula is C23H24N2O6. The number of carbonyl (C=O) groups is 2. The molecule has 162 valence electrons. The number of hydrogen-bond acceptors (Lipinski definition) is 6. The number of methoxy groups -OCH3 is 2. The van der Waals surface area contributed by atoms with E-state index >= 15 is 0 Å². The lowest BCUT2D eigenvalue weighted by atomic mass is 10.2. The van der Waals surface area contributed by atoms with Crippen LogP contribution in [0.1, 0.15) is 23.0 Å². The average molecular weight is 424 g/mol. The number of amides is 2. The molecule has 0 bridgehead atoms. The largest absolute Gasteiger partial charge is 0.494 e. The number of furan rings is 1. The van der Waals surface area contributed by atoms with Crippen LogP contribution in [-0.4, -0.2) is 33.1 Å². The van der Waals surface area contributed by atoms with E-state index in [0.717, 1.165) is 5.56 Å². The number of ether oxygens (including phenoxy) is 3. The molecule has 8 heteroatoms. The van der Waals surface area contributed by atoms with E-state index in [9.17, 15) is 9.59 Å². The molecule has 0 spiro atoms. The van der Waals surface area contributed by atoms with Crippen molar-refractivity contribution in [1.29, 1.82) is 0 Å². The fourth-order valence-corrected chi connectivity index (χ4v) is 2.84. The maximum Gasteiger partial charge on any atom is 0.291 e. The summed E-state index contributed by atoms with van der Waals surface area (Å²) in [4.78, 5) is 25.8. The Hall–Kier alpha value is -3.94. The van der Waals surface area contributed by atoms with Gasteiger partial charge in [-0.2, -0.15) is 0 Å². The number of anilines is 2. The molecule has 0 aliphatic carbocycles. The van der Waals surface area contributed by atoms with Crippen LogP contribution in [0.4, 0.5) is 11.4 Å². The number of para-hydroxylation sites is 1. The van der Waals surface area contributed by atoms with Gasteiger partial charge in [0.05, 0.1) is 14.2 Å². The third-order valence-electron chi connectivity index (χ3n) is 4.71. The number of rotatable bonds is 7. The molecule has 0 radical (unpaired) electrons. The van der Waals surface area contributed by atoms with Gasteiger partial charge in [-0.3, -0.25) is 9.59 Å². The number of nitrogens with zero attached hydrogens (tertiary/aromatic N) is 1. The number of hydrogen-bond donors (Lipinski definition) is 1. The summed E-state index contributed by atoms with van der Waals surface area (Å²) in [6, 6.07) is 13.6. The fourth-order valence-electron chi connectivity index (χ4n) is 2.84. The summed E-state index contributed by atoms with van der Waals surface area (Å²) in [7, 11) is 4.69. The number of benzene rings is 2. The SMILES string of the molecule is COc1cccc(OC)c1NC(=O)c1ccc(Oc2cc(N(C)C(C)=O)ccc2C)o1. The molecule has 1 heterocycles. The summed E-state index contributed by atoms with van der Waals surface area (Å²) >= 11 is 0. The molecule has 0 saturated heterocycles. The minimum absolute atomic E-state index is 0.0534. The zero-order chi connectivity index (χ0) is 22.5. The first-order valence-electron chi connectivity index (χ1n) is 9.49. The van der Waals surface area contributed by atoms with Crippen LogP contribution < -0.4 is 24.4 Å². The van der Waals surface area contributed by atoms with Crippen molar-refractivity contribution in [3.63, 3.8) is 0 Å². The molecule has 1 N–H and O–H groups in total. The summed E-state index contributed by atoms with van der Waals surface area (Å²) in [5, 5.41) is 2.74. The van der Waals surface area contributed by atoms with Crippen molar-refractivity contribution in [2.24, 2.45) is 0 Å². The highest BCUT2D eigenvalue weighted by Crippen LogP contribution is 2.35. The van der Waals surface area contributed by atoms with Crippen molar-refractivity contribution in [1.82, 2.24) is 0 Å². The van der Waals surface area contributed by atoms with Gasteiger partial charge in [0.25, 0.3) is 11.9 Å². The lowest BCUT2D eigenvalue weighted by Gasteiger charge is -2.16. The Morgan fingerprint density at radius 2 is 1.65 bits per heavy atom. The fraction of sp³-hybridized carbons (Fsp3) is 0.217. The van der Waals surface area contributed by atoms with Crippen LogP contribution in [0.5, 0.6) is 23.2 Å². The Labute approximate surface area is 180 Å². The van der Waals surface area contributed by atoms with E-state index in [1.807, 2.05) is 19.1 Å². The van der Waals surface area contributed by atoms with E-state index in [1.54, 1.807) is 37.4 Å². The molecule has 0 unspecified atom stereocenters. The second-order valence-corrected chi connectivity index (χ2v) is 6.74. The standard InChI is InChI=1S/C23H24N2O6/c1-14-9-10-16(25(3)15(2)26)13-20(14)31-21-12-11-19(30-21)23(27)24-22-17(28-4)7-6-8-18(22)29-5/h6-13H,1-5H3,(H,24,27). The van der Waals surface area contributed by atoms with Gasteiger partial charge in [-0.05, 0) is 36.8 Å². The topological polar surface area (TPSA) is 90.2 Å². The Morgan fingerprint density at radius 3 is 2.26 bits per heavy atom. The summed E-state index contributed by atoms with van der Waals surface area (Å²) < 4.78 is 22.0. The predicted molar refractivity (Wildman–Crippen MR) is 117 cm³/mol. The van der Waals surface area contributed by atoms with Crippen molar-refractivity contribution < 1.29 is 28.2 Å². The van der Waals surface area contributed by atoms with Crippen LogP contribution in [0.2, 0.25) is 0 Å². The van der Waals surface area contributed by atoms with Gasteiger partial charge < -0.3 is 28.8 Å². The summed E-state index contributed by atoms with van der Waals surface area (Å²) in [5.74, 6) is 1.03. The van der Waals surface area contributed by atoms with Gasteiger partial charge in [-0.25, -0.2) is 0 Å². The van der Waals surface area contributed by atoms with E-state index in [2.05, 4.69) is 5.32 Å². The normalized spacial score (nSPS) is 10.4. The molecule has 2 amide bonds. The van der Waals surface area contributed by atoms with Crippen molar-refractivity contribution in [2.45, 2.75) is 13.8 Å². The summed E-state index contributed by atoms with van der Waals surface area (Å²) in [5.41, 5.74) is 1.93. The molecular weight excluding hydrogens is 400 g/mol. The molecule has 3 rings (SSSR count). The Balaban J connectivity index is 1.79. The molecule has 0 aliphatic heterocycles. The number of carbonyl (C=O) groups excluding carboxylic acids is 2. The molecule has 1 aromatic heterocycles. The zero-order valence-corrected chi connectivity index (χ0v) is 18.0. The van der Waals surface area contributed by atoms with Gasteiger partial charge in [0.2, 0.25) is 5.91 Å². The third kappa shape index (κ3) is 4.80. The van der Waals surface area contributed by atoms with Crippen molar-refractivity contribution in [2.75, 3.05) is 31.5 Å². The maximum atomic E-state index is 12.7. The van der Waals surface area contributed by atoms with Gasteiger partial charge in [0.15, 0.2) is 5.76 Å². The van der Waals surface area contributed by atoms with Crippen LogP contribution in [0, 0.1) is 6.92 Å². The molecule has 31 heavy (non-hydrogen) atoms. The van der Waals surface area contributed by atoms with Crippen LogP contribution in [0.3, 0.4) is 0 Å². The first kappa shape index (κ1) is 21.8. The van der Waals surface area contributed by atoms with E-state index in [-0.39, 0.29) is 17.6 Å². The highest BCUT2D eigenvalue weighted by atomic mass is 16.6. The van der Waals surface area contributed by atoms with Gasteiger partial charge in [0, 0.05) is 31.8 Å². The average Bonchev–Trinajstić information content (AvgIpc) is 3.23. The monoisotopic (exact) mass is 424 g/mol. The number of aryl methyl sites for hydroxylation is 1. The van der Waals surface area contributed by atoms with Crippen molar-refractivity contribution in [3.05, 3.63) is 59.9 Å². The van der Waals surface area contributed by atoms with E-state index in [1.165, 1.54) is 32.1 Å². The quantitative estimate of drug-likeness (QED) is 0.595. The highest BCUT2D eigenvalue weighted by molar-refractivity contribution is 6.04. The van der Waals surface area contributed by atoms with Gasteiger partial charge >= 0.3 is 0 Å².